The Morgan fingerprint density at radius 1 is 1.11 bits per heavy atom. The molecule has 0 saturated carbocycles. The van der Waals surface area contributed by atoms with Crippen LogP contribution in [-0.4, -0.2) is 17.9 Å². The molecule has 0 bridgehead atoms. The highest BCUT2D eigenvalue weighted by Crippen LogP contribution is 2.27. The van der Waals surface area contributed by atoms with Crippen LogP contribution in [0.15, 0.2) is 59.2 Å². The maximum Gasteiger partial charge on any atom is 0.254 e. The second-order valence-electron chi connectivity index (χ2n) is 5.79. The second-order valence-corrected chi connectivity index (χ2v) is 6.60. The van der Waals surface area contributed by atoms with Crippen molar-refractivity contribution >= 4 is 29.1 Å². The van der Waals surface area contributed by atoms with Crippen molar-refractivity contribution in [2.75, 3.05) is 7.11 Å². The van der Waals surface area contributed by atoms with Gasteiger partial charge in [0.15, 0.2) is 0 Å². The number of hydrogen-bond donors (Lipinski definition) is 0. The molecule has 4 nitrogen and oxygen atoms in total. The monoisotopic (exact) mass is 407 g/mol. The number of nitrogens with zero attached hydrogens (tertiary/aromatic N) is 1. The molecule has 0 aliphatic rings. The van der Waals surface area contributed by atoms with E-state index >= 15 is 0 Å². The summed E-state index contributed by atoms with van der Waals surface area (Å²) in [4.78, 5) is 14.5. The van der Waals surface area contributed by atoms with Gasteiger partial charge in [-0.3, -0.25) is 4.79 Å². The number of methoxy groups -OCH3 is 1. The van der Waals surface area contributed by atoms with Gasteiger partial charge in [-0.15, -0.1) is 0 Å². The zero-order valence-corrected chi connectivity index (χ0v) is 15.9. The van der Waals surface area contributed by atoms with E-state index in [0.717, 1.165) is 0 Å². The van der Waals surface area contributed by atoms with Gasteiger partial charge in [-0.2, -0.15) is 0 Å². The molecule has 3 rings (SSSR count). The molecule has 0 atom stereocenters. The van der Waals surface area contributed by atoms with Gasteiger partial charge in [0, 0.05) is 16.1 Å². The molecule has 7 heteroatoms. The maximum absolute atomic E-state index is 14.2. The lowest BCUT2D eigenvalue weighted by atomic mass is 10.1. The van der Waals surface area contributed by atoms with Crippen LogP contribution in [0.3, 0.4) is 0 Å². The summed E-state index contributed by atoms with van der Waals surface area (Å²) >= 11 is 12.3. The van der Waals surface area contributed by atoms with E-state index in [1.165, 1.54) is 36.5 Å². The predicted molar refractivity (Wildman–Crippen MR) is 102 cm³/mol. The smallest absolute Gasteiger partial charge is 0.254 e. The van der Waals surface area contributed by atoms with Gasteiger partial charge in [0.25, 0.3) is 5.91 Å². The Hall–Kier alpha value is -2.50. The largest absolute Gasteiger partial charge is 0.495 e. The normalized spacial score (nSPS) is 10.7. The third kappa shape index (κ3) is 4.43. The molecule has 140 valence electrons. The third-order valence-electron chi connectivity index (χ3n) is 4.02. The van der Waals surface area contributed by atoms with Crippen LogP contribution >= 0.6 is 23.2 Å². The van der Waals surface area contributed by atoms with Gasteiger partial charge in [0.2, 0.25) is 0 Å². The van der Waals surface area contributed by atoms with E-state index in [1.807, 2.05) is 0 Å². The lowest BCUT2D eigenvalue weighted by molar-refractivity contribution is 0.0716. The van der Waals surface area contributed by atoms with Gasteiger partial charge >= 0.3 is 0 Å². The molecule has 0 fully saturated rings. The number of carbonyl (C=O) groups excluding carboxylic acids is 1. The van der Waals surface area contributed by atoms with Crippen molar-refractivity contribution in [3.63, 3.8) is 0 Å². The molecular weight excluding hydrogens is 392 g/mol. The number of benzene rings is 2. The molecule has 0 N–H and O–H groups in total. The highest BCUT2D eigenvalue weighted by Gasteiger charge is 2.21. The van der Waals surface area contributed by atoms with E-state index in [1.54, 1.807) is 30.3 Å². The molecule has 3 aromatic rings. The van der Waals surface area contributed by atoms with E-state index in [4.69, 9.17) is 32.4 Å². The number of amides is 1. The van der Waals surface area contributed by atoms with Crippen LogP contribution in [-0.2, 0) is 13.1 Å². The first kappa shape index (κ1) is 19.3. The second kappa shape index (κ2) is 8.46. The number of carbonyl (C=O) groups is 1. The Bertz CT molecular complexity index is 924. The Labute approximate surface area is 166 Å². The summed E-state index contributed by atoms with van der Waals surface area (Å²) in [5, 5.41) is 0.560. The van der Waals surface area contributed by atoms with E-state index < -0.39 is 5.82 Å². The highest BCUT2D eigenvalue weighted by atomic mass is 35.5. The summed E-state index contributed by atoms with van der Waals surface area (Å²) in [6, 6.07) is 12.6. The molecule has 1 heterocycles. The Morgan fingerprint density at radius 3 is 2.56 bits per heavy atom. The first-order valence-electron chi connectivity index (χ1n) is 8.07. The van der Waals surface area contributed by atoms with Crippen LogP contribution in [0.1, 0.15) is 21.7 Å². The number of hydrogen-bond acceptors (Lipinski definition) is 3. The summed E-state index contributed by atoms with van der Waals surface area (Å²) in [7, 11) is 1.49. The number of furan rings is 1. The minimum atomic E-state index is -0.479. The molecule has 27 heavy (non-hydrogen) atoms. The Morgan fingerprint density at radius 2 is 1.93 bits per heavy atom. The van der Waals surface area contributed by atoms with Crippen LogP contribution in [0.4, 0.5) is 4.39 Å². The van der Waals surface area contributed by atoms with Gasteiger partial charge < -0.3 is 14.1 Å². The minimum absolute atomic E-state index is 0.0192. The molecule has 0 radical (unpaired) electrons. The fourth-order valence-electron chi connectivity index (χ4n) is 2.65. The number of rotatable bonds is 6. The van der Waals surface area contributed by atoms with Gasteiger partial charge in [-0.25, -0.2) is 4.39 Å². The zero-order chi connectivity index (χ0) is 19.4. The summed E-state index contributed by atoms with van der Waals surface area (Å²) < 4.78 is 24.7. The summed E-state index contributed by atoms with van der Waals surface area (Å²) in [6.45, 7) is 0.134. The molecular formula is C20H16Cl2FNO3. The standard InChI is InChI=1S/C20H16Cl2FNO3/c1-26-19-8-7-13(10-17(19)22)20(25)24(11-14-4-3-9-27-14)12-15-16(21)5-2-6-18(15)23/h2-10H,11-12H2,1H3. The Balaban J connectivity index is 1.94. The lowest BCUT2D eigenvalue weighted by Crippen LogP contribution is -2.30. The molecule has 0 saturated heterocycles. The SMILES string of the molecule is COc1ccc(C(=O)N(Cc2ccco2)Cc2c(F)cccc2Cl)cc1Cl. The summed E-state index contributed by atoms with van der Waals surface area (Å²) in [5.74, 6) is 0.209. The van der Waals surface area contributed by atoms with E-state index in [9.17, 15) is 9.18 Å². The zero-order valence-electron chi connectivity index (χ0n) is 14.4. The predicted octanol–water partition coefficient (Wildman–Crippen LogP) is 5.58. The lowest BCUT2D eigenvalue weighted by Gasteiger charge is -2.23. The maximum atomic E-state index is 14.2. The third-order valence-corrected chi connectivity index (χ3v) is 4.67. The quantitative estimate of drug-likeness (QED) is 0.535. The fourth-order valence-corrected chi connectivity index (χ4v) is 3.13. The van der Waals surface area contributed by atoms with Gasteiger partial charge in [-0.05, 0) is 42.5 Å². The molecule has 1 amide bonds. The highest BCUT2D eigenvalue weighted by molar-refractivity contribution is 6.32. The average molecular weight is 408 g/mol. The minimum Gasteiger partial charge on any atom is -0.495 e. The van der Waals surface area contributed by atoms with E-state index in [-0.39, 0.29) is 29.6 Å². The van der Waals surface area contributed by atoms with Gasteiger partial charge in [0.05, 0.1) is 31.5 Å². The van der Waals surface area contributed by atoms with Gasteiger partial charge in [0.1, 0.15) is 17.3 Å². The van der Waals surface area contributed by atoms with Crippen molar-refractivity contribution in [2.24, 2.45) is 0 Å². The summed E-state index contributed by atoms with van der Waals surface area (Å²) in [5.41, 5.74) is 0.582. The molecule has 0 aliphatic carbocycles. The van der Waals surface area contributed by atoms with Crippen molar-refractivity contribution in [1.82, 2.24) is 4.90 Å². The van der Waals surface area contributed by atoms with Crippen molar-refractivity contribution in [1.29, 1.82) is 0 Å². The van der Waals surface area contributed by atoms with Crippen LogP contribution in [0, 0.1) is 5.82 Å². The molecule has 1 aromatic heterocycles. The van der Waals surface area contributed by atoms with Crippen molar-refractivity contribution in [3.05, 3.63) is 87.5 Å². The first-order valence-corrected chi connectivity index (χ1v) is 8.83. The van der Waals surface area contributed by atoms with Crippen molar-refractivity contribution in [2.45, 2.75) is 13.1 Å². The van der Waals surface area contributed by atoms with Crippen LogP contribution in [0.25, 0.3) is 0 Å². The molecule has 0 aliphatic heterocycles. The molecule has 0 spiro atoms. The van der Waals surface area contributed by atoms with Crippen LogP contribution < -0.4 is 4.74 Å². The van der Waals surface area contributed by atoms with Crippen molar-refractivity contribution in [3.8, 4) is 5.75 Å². The van der Waals surface area contributed by atoms with Crippen molar-refractivity contribution < 1.29 is 18.3 Å². The summed E-state index contributed by atoms with van der Waals surface area (Å²) in [6.07, 6.45) is 1.51. The van der Waals surface area contributed by atoms with E-state index in [0.29, 0.717) is 22.1 Å². The molecule has 2 aromatic carbocycles. The number of ether oxygens (including phenoxy) is 1. The fraction of sp³-hybridized carbons (Fsp3) is 0.150. The topological polar surface area (TPSA) is 42.7 Å². The van der Waals surface area contributed by atoms with E-state index in [2.05, 4.69) is 0 Å². The average Bonchev–Trinajstić information content (AvgIpc) is 3.16. The Kier molecular flexibility index (Phi) is 6.04. The number of halogens is 3. The van der Waals surface area contributed by atoms with Crippen LogP contribution in [0.5, 0.6) is 5.75 Å². The van der Waals surface area contributed by atoms with Gasteiger partial charge in [-0.1, -0.05) is 29.3 Å². The van der Waals surface area contributed by atoms with Crippen LogP contribution in [0.2, 0.25) is 10.0 Å². The first-order chi connectivity index (χ1) is 13.0. The molecule has 0 unspecified atom stereocenters.